The molecule has 1 amide bonds. The van der Waals surface area contributed by atoms with Crippen LogP contribution in [0.5, 0.6) is 0 Å². The summed E-state index contributed by atoms with van der Waals surface area (Å²) in [5.74, 6) is 0.0797. The van der Waals surface area contributed by atoms with Gasteiger partial charge in [-0.15, -0.1) is 0 Å². The third-order valence-electron chi connectivity index (χ3n) is 7.60. The van der Waals surface area contributed by atoms with Gasteiger partial charge in [0, 0.05) is 52.9 Å². The fourth-order valence-electron chi connectivity index (χ4n) is 5.36. The number of nitrogens with zero attached hydrogens (tertiary/aromatic N) is 4. The van der Waals surface area contributed by atoms with E-state index < -0.39 is 0 Å². The average molecular weight is 627 g/mol. The first kappa shape index (κ1) is 29.4. The van der Waals surface area contributed by atoms with Crippen molar-refractivity contribution in [1.29, 1.82) is 0 Å². The molecule has 1 N–H and O–H groups in total. The number of hydrogen-bond donors (Lipinski definition) is 1. The predicted molar refractivity (Wildman–Crippen MR) is 162 cm³/mol. The molecular formula is C29H32Cl4FN5O. The van der Waals surface area contributed by atoms with Crippen molar-refractivity contribution < 1.29 is 10.6 Å². The Morgan fingerprint density at radius 2 is 1.57 bits per heavy atom. The number of carbonyl (C=O) groups excluding carboxylic acids is 1. The van der Waals surface area contributed by atoms with Crippen LogP contribution in [0.2, 0.25) is 20.1 Å². The van der Waals surface area contributed by atoms with Gasteiger partial charge < -0.3 is 10.2 Å². The molecule has 0 unspecified atom stereocenters. The number of hydrogen-bond acceptors (Lipinski definition) is 5. The molecular weight excluding hydrogens is 595 g/mol. The number of amides is 1. The van der Waals surface area contributed by atoms with Crippen molar-refractivity contribution in [1.82, 2.24) is 20.1 Å². The lowest BCUT2D eigenvalue weighted by Crippen LogP contribution is -2.53. The van der Waals surface area contributed by atoms with Gasteiger partial charge in [-0.2, -0.15) is 0 Å². The number of benzene rings is 2. The summed E-state index contributed by atoms with van der Waals surface area (Å²) in [6, 6.07) is 12.5. The van der Waals surface area contributed by atoms with Crippen molar-refractivity contribution in [2.45, 2.75) is 32.0 Å². The largest absolute Gasteiger partial charge is 0.353 e. The van der Waals surface area contributed by atoms with Crippen LogP contribution in [0.3, 0.4) is 0 Å². The molecule has 11 heteroatoms. The summed E-state index contributed by atoms with van der Waals surface area (Å²) in [5, 5.41) is 4.41. The van der Waals surface area contributed by atoms with E-state index in [2.05, 4.69) is 25.0 Å². The van der Waals surface area contributed by atoms with Gasteiger partial charge in [-0.05, 0) is 67.4 Å². The van der Waals surface area contributed by atoms with Gasteiger partial charge in [-0.3, -0.25) is 14.6 Å². The molecule has 0 bridgehead atoms. The molecule has 5 rings (SSSR count). The number of pyridine rings is 1. The molecule has 0 radical (unpaired) electrons. The lowest BCUT2D eigenvalue weighted by atomic mass is 10.0. The zero-order chi connectivity index (χ0) is 28.2. The number of aromatic nitrogens is 1. The molecule has 0 aliphatic carbocycles. The van der Waals surface area contributed by atoms with Crippen molar-refractivity contribution >= 4 is 58.1 Å². The van der Waals surface area contributed by atoms with Crippen molar-refractivity contribution in [2.75, 3.05) is 44.2 Å². The second kappa shape index (κ2) is 13.2. The number of nitrogens with one attached hydrogen (secondary N) is 1. The Morgan fingerprint density at radius 1 is 0.875 bits per heavy atom. The third-order valence-corrected chi connectivity index (χ3v) is 8.92. The first-order valence-electron chi connectivity index (χ1n) is 13.3. The van der Waals surface area contributed by atoms with Crippen molar-refractivity contribution in [3.63, 3.8) is 0 Å². The van der Waals surface area contributed by atoms with Crippen molar-refractivity contribution in [3.8, 4) is 0 Å². The highest BCUT2D eigenvalue weighted by Gasteiger charge is 2.28. The number of carbonyl (C=O) groups is 1. The van der Waals surface area contributed by atoms with E-state index in [1.54, 1.807) is 30.5 Å². The molecule has 2 aromatic carbocycles. The molecule has 214 valence electrons. The topological polar surface area (TPSA) is 51.7 Å². The van der Waals surface area contributed by atoms with Crippen molar-refractivity contribution in [3.05, 3.63) is 91.3 Å². The minimum Gasteiger partial charge on any atom is -0.353 e. The maximum atomic E-state index is 13.8. The van der Waals surface area contributed by atoms with Crippen LogP contribution < -0.4 is 10.2 Å². The monoisotopic (exact) mass is 625 g/mol. The van der Waals surface area contributed by atoms with Gasteiger partial charge in [0.2, 0.25) is 0 Å². The molecule has 2 saturated heterocycles. The molecule has 2 fully saturated rings. The Balaban J connectivity index is 0.00000387. The van der Waals surface area contributed by atoms with E-state index in [1.165, 1.54) is 6.07 Å². The average Bonchev–Trinajstić information content (AvgIpc) is 2.96. The Hall–Kier alpha value is -2.13. The Bertz CT molecular complexity index is 1370. The molecule has 0 atom stereocenters. The Kier molecular flexibility index (Phi) is 9.72. The van der Waals surface area contributed by atoms with Gasteiger partial charge in [-0.1, -0.05) is 58.5 Å². The molecule has 2 aliphatic heterocycles. The van der Waals surface area contributed by atoms with Crippen LogP contribution in [0.4, 0.5) is 10.2 Å². The zero-order valence-corrected chi connectivity index (χ0v) is 24.9. The van der Waals surface area contributed by atoms with Crippen LogP contribution in [-0.4, -0.2) is 66.0 Å². The highest BCUT2D eigenvalue weighted by atomic mass is 35.5. The van der Waals surface area contributed by atoms with E-state index in [-0.39, 0.29) is 18.2 Å². The number of halogens is 5. The van der Waals surface area contributed by atoms with E-state index in [1.807, 2.05) is 12.1 Å². The predicted octanol–water partition coefficient (Wildman–Crippen LogP) is 6.80. The van der Waals surface area contributed by atoms with E-state index in [0.29, 0.717) is 39.0 Å². The minimum atomic E-state index is -0.362. The minimum absolute atomic E-state index is 0. The summed E-state index contributed by atoms with van der Waals surface area (Å²) in [7, 11) is 0. The first-order valence-corrected chi connectivity index (χ1v) is 14.8. The lowest BCUT2D eigenvalue weighted by Gasteiger charge is -2.43. The van der Waals surface area contributed by atoms with Gasteiger partial charge in [-0.25, -0.2) is 9.37 Å². The van der Waals surface area contributed by atoms with E-state index in [4.69, 9.17) is 46.4 Å². The maximum absolute atomic E-state index is 13.8. The fraction of sp³-hybridized carbons (Fsp3) is 0.379. The Morgan fingerprint density at radius 3 is 2.25 bits per heavy atom. The standard InChI is InChI=1S/C29H30Cl4FN5O.H2/c30-23-3-1-19(13-25(23)32)16-36-29(40)21-15-26(33)28(35-17-21)39-11-9-38(10-12-39)22-5-7-37(8-6-22)18-20-2-4-24(31)27(34)14-20;/h1-4,13-15,17,22H,5-12,16,18H2,(H,36,40);1H. The highest BCUT2D eigenvalue weighted by molar-refractivity contribution is 6.42. The second-order valence-electron chi connectivity index (χ2n) is 10.2. The van der Waals surface area contributed by atoms with Gasteiger partial charge in [0.25, 0.3) is 5.91 Å². The van der Waals surface area contributed by atoms with E-state index in [9.17, 15) is 9.18 Å². The van der Waals surface area contributed by atoms with Crippen LogP contribution in [0, 0.1) is 5.82 Å². The van der Waals surface area contributed by atoms with Crippen LogP contribution in [-0.2, 0) is 13.1 Å². The SMILES string of the molecule is O=C(NCc1ccc(Cl)c(Cl)c1)c1cnc(N2CCN(C3CCN(Cc4ccc(Cl)c(F)c4)CC3)CC2)c(Cl)c1.[HH]. The summed E-state index contributed by atoms with van der Waals surface area (Å²) in [5.41, 5.74) is 2.20. The van der Waals surface area contributed by atoms with Gasteiger partial charge >= 0.3 is 0 Å². The number of anilines is 1. The van der Waals surface area contributed by atoms with Crippen LogP contribution in [0.25, 0.3) is 0 Å². The number of likely N-dealkylation sites (tertiary alicyclic amines) is 1. The molecule has 2 aliphatic rings. The number of piperazine rings is 1. The Labute approximate surface area is 255 Å². The van der Waals surface area contributed by atoms with Crippen molar-refractivity contribution in [2.24, 2.45) is 0 Å². The summed E-state index contributed by atoms with van der Waals surface area (Å²) < 4.78 is 13.8. The maximum Gasteiger partial charge on any atom is 0.253 e. The summed E-state index contributed by atoms with van der Waals surface area (Å²) in [6.07, 6.45) is 3.74. The van der Waals surface area contributed by atoms with Crippen LogP contribution >= 0.6 is 46.4 Å². The van der Waals surface area contributed by atoms with Crippen LogP contribution in [0.1, 0.15) is 35.8 Å². The molecule has 0 saturated carbocycles. The van der Waals surface area contributed by atoms with E-state index in [0.717, 1.165) is 69.8 Å². The smallest absolute Gasteiger partial charge is 0.253 e. The van der Waals surface area contributed by atoms with Gasteiger partial charge in [0.1, 0.15) is 11.6 Å². The summed E-state index contributed by atoms with van der Waals surface area (Å²) >= 11 is 24.4. The van der Waals surface area contributed by atoms with E-state index >= 15 is 0 Å². The highest BCUT2D eigenvalue weighted by Crippen LogP contribution is 2.28. The fourth-order valence-corrected chi connectivity index (χ4v) is 6.08. The summed E-state index contributed by atoms with van der Waals surface area (Å²) in [4.78, 5) is 24.3. The first-order chi connectivity index (χ1) is 19.3. The number of piperidine rings is 1. The molecule has 0 spiro atoms. The molecule has 3 aromatic rings. The zero-order valence-electron chi connectivity index (χ0n) is 21.9. The molecule has 6 nitrogen and oxygen atoms in total. The summed E-state index contributed by atoms with van der Waals surface area (Å²) in [6.45, 7) is 6.51. The van der Waals surface area contributed by atoms with Crippen LogP contribution in [0.15, 0.2) is 48.7 Å². The molecule has 1 aromatic heterocycles. The normalized spacial score (nSPS) is 17.3. The lowest BCUT2D eigenvalue weighted by molar-refractivity contribution is 0.0950. The third kappa shape index (κ3) is 7.19. The second-order valence-corrected chi connectivity index (χ2v) is 11.9. The molecule has 40 heavy (non-hydrogen) atoms. The quantitative estimate of drug-likeness (QED) is 0.313. The van der Waals surface area contributed by atoms with Gasteiger partial charge in [0.15, 0.2) is 0 Å². The number of rotatable bonds is 7. The van der Waals surface area contributed by atoms with Gasteiger partial charge in [0.05, 0.1) is 25.7 Å². The molecule has 3 heterocycles.